The van der Waals surface area contributed by atoms with Crippen LogP contribution in [0.1, 0.15) is 18.4 Å². The molecule has 1 aromatic carbocycles. The molecular weight excluding hydrogens is 328 g/mol. The lowest BCUT2D eigenvalue weighted by atomic mass is 10.1. The van der Waals surface area contributed by atoms with E-state index < -0.39 is 0 Å². The average Bonchev–Trinajstić information content (AvgIpc) is 3.20. The van der Waals surface area contributed by atoms with Crippen LogP contribution in [0.5, 0.6) is 0 Å². The molecule has 6 nitrogen and oxygen atoms in total. The minimum absolute atomic E-state index is 0.00620. The van der Waals surface area contributed by atoms with Gasteiger partial charge in [-0.25, -0.2) is 0 Å². The van der Waals surface area contributed by atoms with Gasteiger partial charge in [-0.3, -0.25) is 9.59 Å². The Morgan fingerprint density at radius 1 is 1.35 bits per heavy atom. The number of H-pyrrole nitrogens is 1. The Morgan fingerprint density at radius 3 is 2.96 bits per heavy atom. The summed E-state index contributed by atoms with van der Waals surface area (Å²) in [4.78, 5) is 31.7. The van der Waals surface area contributed by atoms with E-state index in [0.29, 0.717) is 26.1 Å². The zero-order chi connectivity index (χ0) is 18.5. The standard InChI is InChI=1S/C20H28N4O2/c1-23(2)10-5-9-21-20(26)16-12-19(25)24(14-16)11-8-15-13-22-18-7-4-3-6-17(15)18/h3-4,6-7,13,16,22H,5,8-12,14H2,1-2H3,(H,21,26). The summed E-state index contributed by atoms with van der Waals surface area (Å²) in [5, 5.41) is 4.17. The number of carbonyl (C=O) groups is 2. The summed E-state index contributed by atoms with van der Waals surface area (Å²) in [5.74, 6) is -0.130. The number of fused-ring (bicyclic) bond motifs is 1. The van der Waals surface area contributed by atoms with Gasteiger partial charge in [-0.2, -0.15) is 0 Å². The van der Waals surface area contributed by atoms with Crippen LogP contribution in [0, 0.1) is 5.92 Å². The van der Waals surface area contributed by atoms with Gasteiger partial charge in [-0.15, -0.1) is 0 Å². The molecule has 0 radical (unpaired) electrons. The van der Waals surface area contributed by atoms with Crippen LogP contribution in [-0.2, 0) is 16.0 Å². The van der Waals surface area contributed by atoms with Crippen molar-refractivity contribution >= 4 is 22.7 Å². The second-order valence-electron chi connectivity index (χ2n) is 7.30. The van der Waals surface area contributed by atoms with Crippen molar-refractivity contribution in [1.29, 1.82) is 0 Å². The van der Waals surface area contributed by atoms with Gasteiger partial charge in [0.05, 0.1) is 5.92 Å². The van der Waals surface area contributed by atoms with Gasteiger partial charge in [0.25, 0.3) is 0 Å². The fourth-order valence-electron chi connectivity index (χ4n) is 3.51. The maximum absolute atomic E-state index is 12.3. The first-order chi connectivity index (χ1) is 12.5. The lowest BCUT2D eigenvalue weighted by Crippen LogP contribution is -2.34. The van der Waals surface area contributed by atoms with E-state index in [1.54, 1.807) is 0 Å². The van der Waals surface area contributed by atoms with Gasteiger partial charge >= 0.3 is 0 Å². The van der Waals surface area contributed by atoms with Gasteiger partial charge in [0.15, 0.2) is 0 Å². The summed E-state index contributed by atoms with van der Waals surface area (Å²) in [7, 11) is 4.03. The summed E-state index contributed by atoms with van der Waals surface area (Å²) < 4.78 is 0. The molecule has 0 saturated carbocycles. The first kappa shape index (κ1) is 18.5. The topological polar surface area (TPSA) is 68.4 Å². The van der Waals surface area contributed by atoms with E-state index in [1.165, 1.54) is 10.9 Å². The number of para-hydroxylation sites is 1. The van der Waals surface area contributed by atoms with E-state index in [0.717, 1.165) is 24.9 Å². The quantitative estimate of drug-likeness (QED) is 0.707. The van der Waals surface area contributed by atoms with Gasteiger partial charge in [0.2, 0.25) is 11.8 Å². The molecule has 3 rings (SSSR count). The average molecular weight is 356 g/mol. The Balaban J connectivity index is 1.48. The normalized spacial score (nSPS) is 17.4. The van der Waals surface area contributed by atoms with E-state index in [-0.39, 0.29) is 17.7 Å². The van der Waals surface area contributed by atoms with Gasteiger partial charge in [-0.05, 0) is 45.1 Å². The maximum atomic E-state index is 12.3. The highest BCUT2D eigenvalue weighted by Crippen LogP contribution is 2.21. The molecule has 2 amide bonds. The van der Waals surface area contributed by atoms with Crippen LogP contribution in [0.25, 0.3) is 10.9 Å². The Morgan fingerprint density at radius 2 is 2.15 bits per heavy atom. The minimum Gasteiger partial charge on any atom is -0.361 e. The van der Waals surface area contributed by atoms with Crippen LogP contribution in [0.3, 0.4) is 0 Å². The number of nitrogens with one attached hydrogen (secondary N) is 2. The molecule has 140 valence electrons. The first-order valence-electron chi connectivity index (χ1n) is 9.30. The maximum Gasteiger partial charge on any atom is 0.225 e. The molecule has 6 heteroatoms. The van der Waals surface area contributed by atoms with Crippen molar-refractivity contribution in [3.8, 4) is 0 Å². The van der Waals surface area contributed by atoms with Crippen LogP contribution < -0.4 is 5.32 Å². The molecule has 1 saturated heterocycles. The number of amides is 2. The Labute approximate surface area is 154 Å². The molecule has 1 aromatic heterocycles. The number of benzene rings is 1. The molecule has 1 atom stereocenters. The summed E-state index contributed by atoms with van der Waals surface area (Å²) in [6.45, 7) is 2.80. The van der Waals surface area contributed by atoms with Crippen molar-refractivity contribution in [2.24, 2.45) is 5.92 Å². The van der Waals surface area contributed by atoms with E-state index in [9.17, 15) is 9.59 Å². The number of carbonyl (C=O) groups excluding carboxylic acids is 2. The molecule has 1 fully saturated rings. The monoisotopic (exact) mass is 356 g/mol. The summed E-state index contributed by atoms with van der Waals surface area (Å²) in [6.07, 6.45) is 4.06. The van der Waals surface area contributed by atoms with E-state index >= 15 is 0 Å². The number of aromatic amines is 1. The Kier molecular flexibility index (Phi) is 5.93. The first-order valence-corrected chi connectivity index (χ1v) is 9.30. The van der Waals surface area contributed by atoms with Gasteiger partial charge < -0.3 is 20.1 Å². The van der Waals surface area contributed by atoms with Crippen LogP contribution in [0.2, 0.25) is 0 Å². The lowest BCUT2D eigenvalue weighted by Gasteiger charge is -2.16. The Hall–Kier alpha value is -2.34. The molecule has 1 unspecified atom stereocenters. The van der Waals surface area contributed by atoms with Crippen molar-refractivity contribution in [2.75, 3.05) is 40.3 Å². The lowest BCUT2D eigenvalue weighted by molar-refractivity contribution is -0.129. The Bertz CT molecular complexity index is 768. The minimum atomic E-state index is -0.218. The number of nitrogens with zero attached hydrogens (tertiary/aromatic N) is 2. The molecule has 2 heterocycles. The molecule has 2 N–H and O–H groups in total. The van der Waals surface area contributed by atoms with E-state index in [4.69, 9.17) is 0 Å². The number of aromatic nitrogens is 1. The highest BCUT2D eigenvalue weighted by atomic mass is 16.2. The highest BCUT2D eigenvalue weighted by molar-refractivity contribution is 5.89. The number of hydrogen-bond donors (Lipinski definition) is 2. The van der Waals surface area contributed by atoms with Crippen LogP contribution in [-0.4, -0.2) is 66.9 Å². The predicted molar refractivity (Wildman–Crippen MR) is 103 cm³/mol. The van der Waals surface area contributed by atoms with Gasteiger partial charge in [0.1, 0.15) is 0 Å². The summed E-state index contributed by atoms with van der Waals surface area (Å²) in [5.41, 5.74) is 2.33. The van der Waals surface area contributed by atoms with Gasteiger partial charge in [0, 0.05) is 43.2 Å². The number of rotatable bonds is 8. The molecule has 2 aromatic rings. The third kappa shape index (κ3) is 4.43. The van der Waals surface area contributed by atoms with Crippen molar-refractivity contribution in [1.82, 2.24) is 20.1 Å². The second-order valence-corrected chi connectivity index (χ2v) is 7.30. The molecule has 1 aliphatic rings. The van der Waals surface area contributed by atoms with Crippen molar-refractivity contribution in [3.05, 3.63) is 36.0 Å². The SMILES string of the molecule is CN(C)CCCNC(=O)C1CC(=O)N(CCc2c[nH]c3ccccc23)C1. The molecule has 0 bridgehead atoms. The zero-order valence-corrected chi connectivity index (χ0v) is 15.6. The third-order valence-electron chi connectivity index (χ3n) is 4.99. The molecular formula is C20H28N4O2. The number of likely N-dealkylation sites (tertiary alicyclic amines) is 1. The van der Waals surface area contributed by atoms with Crippen LogP contribution in [0.15, 0.2) is 30.5 Å². The molecule has 26 heavy (non-hydrogen) atoms. The summed E-state index contributed by atoms with van der Waals surface area (Å²) in [6, 6.07) is 8.18. The third-order valence-corrected chi connectivity index (χ3v) is 4.99. The highest BCUT2D eigenvalue weighted by Gasteiger charge is 2.33. The van der Waals surface area contributed by atoms with Gasteiger partial charge in [-0.1, -0.05) is 18.2 Å². The number of hydrogen-bond acceptors (Lipinski definition) is 3. The summed E-state index contributed by atoms with van der Waals surface area (Å²) >= 11 is 0. The molecule has 0 spiro atoms. The van der Waals surface area contributed by atoms with E-state index in [2.05, 4.69) is 27.3 Å². The second kappa shape index (κ2) is 8.36. The fraction of sp³-hybridized carbons (Fsp3) is 0.500. The van der Waals surface area contributed by atoms with Crippen LogP contribution in [0.4, 0.5) is 0 Å². The zero-order valence-electron chi connectivity index (χ0n) is 15.6. The largest absolute Gasteiger partial charge is 0.361 e. The van der Waals surface area contributed by atoms with Crippen molar-refractivity contribution in [2.45, 2.75) is 19.3 Å². The smallest absolute Gasteiger partial charge is 0.225 e. The van der Waals surface area contributed by atoms with Crippen LogP contribution >= 0.6 is 0 Å². The van der Waals surface area contributed by atoms with Crippen molar-refractivity contribution < 1.29 is 9.59 Å². The molecule has 0 aliphatic carbocycles. The predicted octanol–water partition coefficient (Wildman–Crippen LogP) is 1.63. The fourth-order valence-corrected chi connectivity index (χ4v) is 3.51. The molecule has 1 aliphatic heterocycles. The van der Waals surface area contributed by atoms with E-state index in [1.807, 2.05) is 37.3 Å². The van der Waals surface area contributed by atoms with Crippen molar-refractivity contribution in [3.63, 3.8) is 0 Å².